The molecular weight excluding hydrogens is 215 g/mol. The van der Waals surface area contributed by atoms with Crippen LogP contribution in [0.25, 0.3) is 0 Å². The zero-order valence-electron chi connectivity index (χ0n) is 7.62. The molecule has 0 aliphatic rings. The van der Waals surface area contributed by atoms with Crippen LogP contribution in [0.2, 0.25) is 0 Å². The molecule has 0 radical (unpaired) electrons. The Hall–Kier alpha value is 1.55. The molecule has 0 aromatic heterocycles. The van der Waals surface area contributed by atoms with Crippen molar-refractivity contribution >= 4 is 61.5 Å². The summed E-state index contributed by atoms with van der Waals surface area (Å²) in [5.74, 6) is -0.0842. The Bertz CT molecular complexity index is 190. The van der Waals surface area contributed by atoms with Crippen molar-refractivity contribution in [2.75, 3.05) is 5.75 Å². The first-order chi connectivity index (χ1) is 5.56. The molecule has 76 valence electrons. The van der Waals surface area contributed by atoms with Gasteiger partial charge in [0, 0.05) is 0 Å². The van der Waals surface area contributed by atoms with Gasteiger partial charge in [0.25, 0.3) is 10.1 Å². The van der Waals surface area contributed by atoms with Crippen LogP contribution in [0.4, 0.5) is 0 Å². The summed E-state index contributed by atoms with van der Waals surface area (Å²) in [4.78, 5) is 0. The van der Waals surface area contributed by atoms with E-state index < -0.39 is 10.1 Å². The van der Waals surface area contributed by atoms with Crippen molar-refractivity contribution < 1.29 is 13.0 Å². The molecular formula is C8H19KO3S. The van der Waals surface area contributed by atoms with E-state index in [4.69, 9.17) is 4.55 Å². The summed E-state index contributed by atoms with van der Waals surface area (Å²) in [6.45, 7) is 2.14. The maximum atomic E-state index is 10.3. The van der Waals surface area contributed by atoms with Crippen LogP contribution in [-0.2, 0) is 10.1 Å². The predicted molar refractivity (Wildman–Crippen MR) is 56.9 cm³/mol. The van der Waals surface area contributed by atoms with Gasteiger partial charge in [0.2, 0.25) is 0 Å². The molecule has 0 atom stereocenters. The van der Waals surface area contributed by atoms with E-state index in [1.807, 2.05) is 0 Å². The van der Waals surface area contributed by atoms with Gasteiger partial charge in [-0.05, 0) is 6.42 Å². The van der Waals surface area contributed by atoms with E-state index in [0.717, 1.165) is 12.8 Å². The fraction of sp³-hybridized carbons (Fsp3) is 1.00. The monoisotopic (exact) mass is 234 g/mol. The molecule has 0 saturated heterocycles. The van der Waals surface area contributed by atoms with Gasteiger partial charge in [0.05, 0.1) is 5.75 Å². The molecule has 0 rings (SSSR count). The van der Waals surface area contributed by atoms with Crippen molar-refractivity contribution in [2.45, 2.75) is 45.4 Å². The molecule has 0 amide bonds. The van der Waals surface area contributed by atoms with Gasteiger partial charge in [-0.2, -0.15) is 8.42 Å². The molecule has 3 nitrogen and oxygen atoms in total. The molecule has 0 aliphatic carbocycles. The van der Waals surface area contributed by atoms with Gasteiger partial charge < -0.3 is 0 Å². The second kappa shape index (κ2) is 10.1. The van der Waals surface area contributed by atoms with Crippen molar-refractivity contribution in [1.82, 2.24) is 0 Å². The Morgan fingerprint density at radius 1 is 1.00 bits per heavy atom. The molecule has 0 saturated carbocycles. The van der Waals surface area contributed by atoms with Gasteiger partial charge in [0.15, 0.2) is 0 Å². The first-order valence-electron chi connectivity index (χ1n) is 4.51. The summed E-state index contributed by atoms with van der Waals surface area (Å²) in [7, 11) is -3.72. The summed E-state index contributed by atoms with van der Waals surface area (Å²) in [6.07, 6.45) is 6.14. The first-order valence-corrected chi connectivity index (χ1v) is 6.12. The summed E-state index contributed by atoms with van der Waals surface area (Å²) in [6, 6.07) is 0. The van der Waals surface area contributed by atoms with Gasteiger partial charge in [-0.25, -0.2) is 0 Å². The van der Waals surface area contributed by atoms with Crippen LogP contribution in [0.3, 0.4) is 0 Å². The number of unbranched alkanes of at least 4 members (excludes halogenated alkanes) is 5. The number of rotatable bonds is 7. The number of hydrogen-bond acceptors (Lipinski definition) is 2. The van der Waals surface area contributed by atoms with Crippen LogP contribution in [0.5, 0.6) is 0 Å². The molecule has 0 heterocycles. The summed E-state index contributed by atoms with van der Waals surface area (Å²) in [5.41, 5.74) is 0. The zero-order valence-corrected chi connectivity index (χ0v) is 8.44. The van der Waals surface area contributed by atoms with E-state index in [2.05, 4.69) is 6.92 Å². The maximum absolute atomic E-state index is 10.3. The summed E-state index contributed by atoms with van der Waals surface area (Å²) >= 11 is 0. The molecule has 0 aromatic rings. The Morgan fingerprint density at radius 2 is 1.46 bits per heavy atom. The number of hydrogen-bond donors (Lipinski definition) is 1. The Morgan fingerprint density at radius 3 is 1.92 bits per heavy atom. The molecule has 13 heavy (non-hydrogen) atoms. The van der Waals surface area contributed by atoms with Crippen molar-refractivity contribution in [3.8, 4) is 0 Å². The van der Waals surface area contributed by atoms with E-state index in [-0.39, 0.29) is 57.1 Å². The van der Waals surface area contributed by atoms with Crippen LogP contribution >= 0.6 is 0 Å². The van der Waals surface area contributed by atoms with Crippen molar-refractivity contribution in [3.05, 3.63) is 0 Å². The fourth-order valence-electron chi connectivity index (χ4n) is 1.06. The molecule has 0 fully saturated rings. The van der Waals surface area contributed by atoms with E-state index in [1.54, 1.807) is 0 Å². The molecule has 0 aliphatic heterocycles. The second-order valence-electron chi connectivity index (χ2n) is 3.05. The molecule has 0 bridgehead atoms. The van der Waals surface area contributed by atoms with Gasteiger partial charge in [0.1, 0.15) is 0 Å². The third-order valence-corrected chi connectivity index (χ3v) is 2.56. The van der Waals surface area contributed by atoms with Gasteiger partial charge in [-0.15, -0.1) is 0 Å². The predicted octanol–water partition coefficient (Wildman–Crippen LogP) is 1.59. The SMILES string of the molecule is CCCCCCCCS(=O)(=O)O.[KH]. The van der Waals surface area contributed by atoms with Crippen LogP contribution in [-0.4, -0.2) is 70.1 Å². The van der Waals surface area contributed by atoms with E-state index in [9.17, 15) is 8.42 Å². The zero-order chi connectivity index (χ0) is 9.45. The van der Waals surface area contributed by atoms with Gasteiger partial charge in [-0.1, -0.05) is 39.0 Å². The van der Waals surface area contributed by atoms with Crippen LogP contribution < -0.4 is 0 Å². The molecule has 0 spiro atoms. The molecule has 5 heteroatoms. The van der Waals surface area contributed by atoms with Crippen LogP contribution in [0, 0.1) is 0 Å². The Balaban J connectivity index is 0. The van der Waals surface area contributed by atoms with Crippen molar-refractivity contribution in [2.24, 2.45) is 0 Å². The normalized spacial score (nSPS) is 10.9. The topological polar surface area (TPSA) is 54.4 Å². The van der Waals surface area contributed by atoms with Crippen molar-refractivity contribution in [3.63, 3.8) is 0 Å². The minimum absolute atomic E-state index is 0. The molecule has 1 N–H and O–H groups in total. The van der Waals surface area contributed by atoms with Gasteiger partial charge >= 0.3 is 51.4 Å². The molecule has 0 unspecified atom stereocenters. The van der Waals surface area contributed by atoms with Crippen molar-refractivity contribution in [1.29, 1.82) is 0 Å². The first kappa shape index (κ1) is 17.0. The van der Waals surface area contributed by atoms with Crippen LogP contribution in [0.15, 0.2) is 0 Å². The Labute approximate surface area is 124 Å². The van der Waals surface area contributed by atoms with Crippen LogP contribution in [0.1, 0.15) is 45.4 Å². The summed E-state index contributed by atoms with van der Waals surface area (Å²) in [5, 5.41) is 0. The fourth-order valence-corrected chi connectivity index (χ4v) is 1.63. The quantitative estimate of drug-likeness (QED) is 0.413. The second-order valence-corrected chi connectivity index (χ2v) is 4.63. The third-order valence-electron chi connectivity index (χ3n) is 1.76. The summed E-state index contributed by atoms with van der Waals surface area (Å²) < 4.78 is 28.9. The van der Waals surface area contributed by atoms with E-state index in [0.29, 0.717) is 6.42 Å². The van der Waals surface area contributed by atoms with E-state index >= 15 is 0 Å². The standard InChI is InChI=1S/C8H18O3S.K.H/c1-2-3-4-5-6-7-8-12(9,10)11;;/h2-8H2,1H3,(H,9,10,11);;. The minimum atomic E-state index is -3.72. The third kappa shape index (κ3) is 16.2. The average Bonchev–Trinajstić information content (AvgIpc) is 1.94. The van der Waals surface area contributed by atoms with Gasteiger partial charge in [-0.3, -0.25) is 4.55 Å². The Kier molecular flexibility index (Phi) is 13.1. The average molecular weight is 234 g/mol. The van der Waals surface area contributed by atoms with E-state index in [1.165, 1.54) is 19.3 Å². The molecule has 0 aromatic carbocycles.